The second-order valence-electron chi connectivity index (χ2n) is 2.36. The summed E-state index contributed by atoms with van der Waals surface area (Å²) >= 11 is 1.19. The van der Waals surface area contributed by atoms with E-state index in [1.807, 2.05) is 0 Å². The molecule has 0 spiro atoms. The third kappa shape index (κ3) is 2.17. The van der Waals surface area contributed by atoms with Gasteiger partial charge in [0.25, 0.3) is 0 Å². The monoisotopic (exact) mass is 218 g/mol. The lowest BCUT2D eigenvalue weighted by molar-refractivity contribution is -0.141. The molecule has 0 saturated heterocycles. The predicted molar refractivity (Wildman–Crippen MR) is 45.7 cm³/mol. The molecule has 0 unspecified atom stereocenters. The number of halogens is 3. The van der Waals surface area contributed by atoms with Gasteiger partial charge in [-0.3, -0.25) is 0 Å². The number of hydrogen-bond acceptors (Lipinski definition) is 3. The standard InChI is InChI=1S/C8H5F3N2S/c1-14-6-2-3-7(8(9,10)11)13-5(6)4-12/h2-3H,1H3. The third-order valence-electron chi connectivity index (χ3n) is 1.47. The molecule has 1 heterocycles. The van der Waals surface area contributed by atoms with E-state index in [1.54, 1.807) is 12.3 Å². The molecule has 14 heavy (non-hydrogen) atoms. The van der Waals surface area contributed by atoms with Gasteiger partial charge in [0.2, 0.25) is 0 Å². The first-order valence-corrected chi connectivity index (χ1v) is 4.74. The fourth-order valence-corrected chi connectivity index (χ4v) is 1.34. The Bertz CT molecular complexity index is 381. The number of aromatic nitrogens is 1. The molecule has 2 nitrogen and oxygen atoms in total. The molecule has 0 aromatic carbocycles. The van der Waals surface area contributed by atoms with E-state index >= 15 is 0 Å². The van der Waals surface area contributed by atoms with Crippen LogP contribution >= 0.6 is 11.8 Å². The van der Waals surface area contributed by atoms with E-state index in [2.05, 4.69) is 4.98 Å². The zero-order chi connectivity index (χ0) is 10.8. The first-order chi connectivity index (χ1) is 6.49. The van der Waals surface area contributed by atoms with Crippen molar-refractivity contribution in [3.05, 3.63) is 23.5 Å². The van der Waals surface area contributed by atoms with E-state index in [9.17, 15) is 13.2 Å². The minimum absolute atomic E-state index is 0.188. The minimum atomic E-state index is -4.50. The topological polar surface area (TPSA) is 36.7 Å². The first kappa shape index (κ1) is 10.9. The molecule has 1 aromatic rings. The van der Waals surface area contributed by atoms with Gasteiger partial charge in [-0.25, -0.2) is 4.98 Å². The van der Waals surface area contributed by atoms with Gasteiger partial charge in [-0.1, -0.05) is 0 Å². The summed E-state index contributed by atoms with van der Waals surface area (Å²) in [5.74, 6) is 0. The molecular formula is C8H5F3N2S. The molecule has 0 amide bonds. The Balaban J connectivity index is 3.23. The van der Waals surface area contributed by atoms with Gasteiger partial charge in [-0.05, 0) is 18.4 Å². The summed E-state index contributed by atoms with van der Waals surface area (Å²) in [5, 5.41) is 8.55. The van der Waals surface area contributed by atoms with Crippen LogP contribution in [0.4, 0.5) is 13.2 Å². The fourth-order valence-electron chi connectivity index (χ4n) is 0.849. The molecule has 1 rings (SSSR count). The van der Waals surface area contributed by atoms with Crippen molar-refractivity contribution in [3.8, 4) is 6.07 Å². The predicted octanol–water partition coefficient (Wildman–Crippen LogP) is 2.69. The maximum Gasteiger partial charge on any atom is 0.433 e. The smallest absolute Gasteiger partial charge is 0.231 e. The molecule has 1 aromatic heterocycles. The van der Waals surface area contributed by atoms with E-state index in [4.69, 9.17) is 5.26 Å². The van der Waals surface area contributed by atoms with Crippen molar-refractivity contribution in [3.63, 3.8) is 0 Å². The third-order valence-corrected chi connectivity index (χ3v) is 2.24. The molecule has 74 valence electrons. The van der Waals surface area contributed by atoms with Crippen molar-refractivity contribution in [2.24, 2.45) is 0 Å². The van der Waals surface area contributed by atoms with Gasteiger partial charge >= 0.3 is 6.18 Å². The lowest BCUT2D eigenvalue weighted by Crippen LogP contribution is -2.08. The Hall–Kier alpha value is -1.22. The van der Waals surface area contributed by atoms with Crippen LogP contribution in [-0.2, 0) is 6.18 Å². The molecule has 6 heteroatoms. The zero-order valence-electron chi connectivity index (χ0n) is 7.09. The molecule has 0 fully saturated rings. The van der Waals surface area contributed by atoms with Gasteiger partial charge in [0, 0.05) is 4.90 Å². The van der Waals surface area contributed by atoms with Crippen LogP contribution in [0.1, 0.15) is 11.4 Å². The Labute approximate surface area is 82.8 Å². The van der Waals surface area contributed by atoms with Crippen molar-refractivity contribution >= 4 is 11.8 Å². The highest BCUT2D eigenvalue weighted by Crippen LogP contribution is 2.29. The van der Waals surface area contributed by atoms with Gasteiger partial charge in [-0.2, -0.15) is 18.4 Å². The van der Waals surface area contributed by atoms with E-state index < -0.39 is 11.9 Å². The minimum Gasteiger partial charge on any atom is -0.231 e. The quantitative estimate of drug-likeness (QED) is 0.680. The zero-order valence-corrected chi connectivity index (χ0v) is 7.91. The molecule has 0 aliphatic carbocycles. The molecule has 0 atom stereocenters. The van der Waals surface area contributed by atoms with Crippen LogP contribution in [0.2, 0.25) is 0 Å². The van der Waals surface area contributed by atoms with Crippen LogP contribution in [0.3, 0.4) is 0 Å². The molecule has 0 bridgehead atoms. The maximum atomic E-state index is 12.2. The second-order valence-corrected chi connectivity index (χ2v) is 3.20. The normalized spacial score (nSPS) is 11.1. The Morgan fingerprint density at radius 2 is 2.07 bits per heavy atom. The summed E-state index contributed by atoms with van der Waals surface area (Å²) in [7, 11) is 0. The molecule has 0 saturated carbocycles. The van der Waals surface area contributed by atoms with Crippen LogP contribution < -0.4 is 0 Å². The van der Waals surface area contributed by atoms with Crippen molar-refractivity contribution in [1.82, 2.24) is 4.98 Å². The van der Waals surface area contributed by atoms with Gasteiger partial charge in [0.15, 0.2) is 5.69 Å². The highest BCUT2D eigenvalue weighted by Gasteiger charge is 2.32. The van der Waals surface area contributed by atoms with Gasteiger partial charge in [0.1, 0.15) is 11.8 Å². The van der Waals surface area contributed by atoms with Crippen molar-refractivity contribution in [1.29, 1.82) is 5.26 Å². The summed E-state index contributed by atoms with van der Waals surface area (Å²) in [5.41, 5.74) is -1.22. The van der Waals surface area contributed by atoms with Crippen molar-refractivity contribution < 1.29 is 13.2 Å². The van der Waals surface area contributed by atoms with Crippen LogP contribution in [0.5, 0.6) is 0 Å². The average molecular weight is 218 g/mol. The lowest BCUT2D eigenvalue weighted by atomic mass is 10.3. The molecule has 0 radical (unpaired) electrons. The number of hydrogen-bond donors (Lipinski definition) is 0. The molecule has 0 aliphatic heterocycles. The summed E-state index contributed by atoms with van der Waals surface area (Å²) in [6.45, 7) is 0. The van der Waals surface area contributed by atoms with E-state index in [0.717, 1.165) is 6.07 Å². The van der Waals surface area contributed by atoms with Crippen LogP contribution in [0, 0.1) is 11.3 Å². The Kier molecular flexibility index (Phi) is 3.01. The second kappa shape index (κ2) is 3.88. The van der Waals surface area contributed by atoms with Crippen LogP contribution in [0.25, 0.3) is 0 Å². The van der Waals surface area contributed by atoms with E-state index in [1.165, 1.54) is 17.8 Å². The van der Waals surface area contributed by atoms with Gasteiger partial charge in [-0.15, -0.1) is 11.8 Å². The summed E-state index contributed by atoms with van der Waals surface area (Å²) in [4.78, 5) is 3.67. The lowest BCUT2D eigenvalue weighted by Gasteiger charge is -2.06. The largest absolute Gasteiger partial charge is 0.433 e. The maximum absolute atomic E-state index is 12.2. The van der Waals surface area contributed by atoms with E-state index in [-0.39, 0.29) is 5.69 Å². The van der Waals surface area contributed by atoms with E-state index in [0.29, 0.717) is 4.90 Å². The number of nitriles is 1. The SMILES string of the molecule is CSc1ccc(C(F)(F)F)nc1C#N. The number of thioether (sulfide) groups is 1. The highest BCUT2D eigenvalue weighted by molar-refractivity contribution is 7.98. The summed E-state index contributed by atoms with van der Waals surface area (Å²) in [6.07, 6.45) is -2.83. The number of alkyl halides is 3. The summed E-state index contributed by atoms with van der Waals surface area (Å²) in [6, 6.07) is 3.74. The number of nitrogens with zero attached hydrogens (tertiary/aromatic N) is 2. The number of pyridine rings is 1. The van der Waals surface area contributed by atoms with Crippen LogP contribution in [-0.4, -0.2) is 11.2 Å². The van der Waals surface area contributed by atoms with Crippen molar-refractivity contribution in [2.75, 3.05) is 6.26 Å². The van der Waals surface area contributed by atoms with Crippen molar-refractivity contribution in [2.45, 2.75) is 11.1 Å². The average Bonchev–Trinajstić information content (AvgIpc) is 2.15. The molecule has 0 N–H and O–H groups in total. The molecule has 0 aliphatic rings. The summed E-state index contributed by atoms with van der Waals surface area (Å²) < 4.78 is 36.5. The molecular weight excluding hydrogens is 213 g/mol. The van der Waals surface area contributed by atoms with Gasteiger partial charge in [0.05, 0.1) is 0 Å². The number of rotatable bonds is 1. The fraction of sp³-hybridized carbons (Fsp3) is 0.250. The Morgan fingerprint density at radius 1 is 1.43 bits per heavy atom. The van der Waals surface area contributed by atoms with Crippen LogP contribution in [0.15, 0.2) is 17.0 Å². The highest BCUT2D eigenvalue weighted by atomic mass is 32.2. The first-order valence-electron chi connectivity index (χ1n) is 3.51. The Morgan fingerprint density at radius 3 is 2.50 bits per heavy atom. The van der Waals surface area contributed by atoms with Gasteiger partial charge < -0.3 is 0 Å².